The zero-order chi connectivity index (χ0) is 24.5. The molecule has 0 aliphatic carbocycles. The summed E-state index contributed by atoms with van der Waals surface area (Å²) in [5.41, 5.74) is 4.64. The van der Waals surface area contributed by atoms with E-state index in [0.717, 1.165) is 33.7 Å². The summed E-state index contributed by atoms with van der Waals surface area (Å²) in [6, 6.07) is 13.5. The number of aryl methyl sites for hydroxylation is 2. The number of hydrogen-bond acceptors (Lipinski definition) is 6. The van der Waals surface area contributed by atoms with E-state index in [0.29, 0.717) is 31.3 Å². The van der Waals surface area contributed by atoms with Gasteiger partial charge in [0.15, 0.2) is 11.5 Å². The molecule has 7 heteroatoms. The van der Waals surface area contributed by atoms with Gasteiger partial charge in [-0.3, -0.25) is 4.79 Å². The van der Waals surface area contributed by atoms with Crippen LogP contribution in [-0.4, -0.2) is 24.3 Å². The Morgan fingerprint density at radius 3 is 2.53 bits per heavy atom. The quantitative estimate of drug-likeness (QED) is 0.396. The minimum Gasteiger partial charge on any atom is -0.493 e. The number of nitrogens with zero attached hydrogens (tertiary/aromatic N) is 1. The highest BCUT2D eigenvalue weighted by atomic mass is 16.5. The van der Waals surface area contributed by atoms with Crippen molar-refractivity contribution in [1.82, 2.24) is 10.5 Å². The normalized spacial score (nSPS) is 11.2. The lowest BCUT2D eigenvalue weighted by atomic mass is 10.1. The number of ether oxygens (including phenoxy) is 3. The van der Waals surface area contributed by atoms with Crippen LogP contribution < -0.4 is 14.8 Å². The van der Waals surface area contributed by atoms with Crippen LogP contribution in [0.2, 0.25) is 0 Å². The van der Waals surface area contributed by atoms with Crippen LogP contribution in [0.25, 0.3) is 6.08 Å². The molecule has 0 aliphatic heterocycles. The Balaban J connectivity index is 1.58. The molecule has 34 heavy (non-hydrogen) atoms. The lowest BCUT2D eigenvalue weighted by Gasteiger charge is -2.12. The first kappa shape index (κ1) is 25.1. The molecular weight excluding hydrogens is 432 g/mol. The van der Waals surface area contributed by atoms with E-state index in [1.54, 1.807) is 13.2 Å². The number of aromatic nitrogens is 1. The Kier molecular flexibility index (Phi) is 8.87. The van der Waals surface area contributed by atoms with Crippen LogP contribution in [0.1, 0.15) is 47.6 Å². The lowest BCUT2D eigenvalue weighted by Crippen LogP contribution is -2.21. The monoisotopic (exact) mass is 464 g/mol. The summed E-state index contributed by atoms with van der Waals surface area (Å²) < 4.78 is 22.3. The molecule has 7 nitrogen and oxygen atoms in total. The summed E-state index contributed by atoms with van der Waals surface area (Å²) in [5, 5.41) is 6.87. The van der Waals surface area contributed by atoms with Crippen LogP contribution in [0.15, 0.2) is 53.1 Å². The Bertz CT molecular complexity index is 1110. The number of nitrogens with one attached hydrogen (secondary N) is 1. The molecule has 0 fully saturated rings. The van der Waals surface area contributed by atoms with Gasteiger partial charge in [-0.15, -0.1) is 0 Å². The minimum atomic E-state index is -0.183. The van der Waals surface area contributed by atoms with Gasteiger partial charge in [0.25, 0.3) is 0 Å². The van der Waals surface area contributed by atoms with Crippen LogP contribution in [0.4, 0.5) is 0 Å². The largest absolute Gasteiger partial charge is 0.493 e. The lowest BCUT2D eigenvalue weighted by molar-refractivity contribution is -0.116. The van der Waals surface area contributed by atoms with E-state index in [-0.39, 0.29) is 12.0 Å². The van der Waals surface area contributed by atoms with Crippen LogP contribution in [0.5, 0.6) is 11.5 Å². The molecule has 3 rings (SSSR count). The number of benzene rings is 2. The minimum absolute atomic E-state index is 0.148. The topological polar surface area (TPSA) is 82.8 Å². The van der Waals surface area contributed by atoms with Gasteiger partial charge in [0.05, 0.1) is 31.1 Å². The SMILES string of the molecule is COc1cc(/C=C/C(=O)NCc2ccccc2COC(C)C)ccc1OCc1c(C)noc1C. The summed E-state index contributed by atoms with van der Waals surface area (Å²) >= 11 is 0. The van der Waals surface area contributed by atoms with Gasteiger partial charge in [-0.1, -0.05) is 35.5 Å². The maximum Gasteiger partial charge on any atom is 0.244 e. The van der Waals surface area contributed by atoms with E-state index in [1.165, 1.54) is 6.08 Å². The highest BCUT2D eigenvalue weighted by Gasteiger charge is 2.12. The van der Waals surface area contributed by atoms with E-state index in [4.69, 9.17) is 18.7 Å². The fourth-order valence-electron chi connectivity index (χ4n) is 3.31. The molecule has 1 aromatic heterocycles. The molecule has 0 saturated heterocycles. The number of hydrogen-bond donors (Lipinski definition) is 1. The van der Waals surface area contributed by atoms with E-state index in [9.17, 15) is 4.79 Å². The second kappa shape index (κ2) is 12.0. The summed E-state index contributed by atoms with van der Waals surface area (Å²) in [6.07, 6.45) is 3.39. The van der Waals surface area contributed by atoms with Crippen LogP contribution in [0, 0.1) is 13.8 Å². The number of rotatable bonds is 11. The standard InChI is InChI=1S/C27H32N2O5/c1-18(2)32-16-23-9-7-6-8-22(23)15-28-27(30)13-11-21-10-12-25(26(14-21)31-5)33-17-24-19(3)29-34-20(24)4/h6-14,18H,15-17H2,1-5H3,(H,28,30)/b13-11+. The third kappa shape index (κ3) is 6.96. The molecule has 3 aromatic rings. The van der Waals surface area contributed by atoms with Crippen molar-refractivity contribution < 1.29 is 23.5 Å². The van der Waals surface area contributed by atoms with E-state index in [2.05, 4.69) is 10.5 Å². The maximum atomic E-state index is 12.4. The molecule has 180 valence electrons. The predicted molar refractivity (Wildman–Crippen MR) is 131 cm³/mol. The van der Waals surface area contributed by atoms with Crippen molar-refractivity contribution in [2.45, 2.75) is 53.6 Å². The van der Waals surface area contributed by atoms with Gasteiger partial charge in [-0.2, -0.15) is 0 Å². The summed E-state index contributed by atoms with van der Waals surface area (Å²) in [4.78, 5) is 12.4. The second-order valence-electron chi connectivity index (χ2n) is 8.18. The molecule has 0 spiro atoms. The predicted octanol–water partition coefficient (Wildman–Crippen LogP) is 5.13. The van der Waals surface area contributed by atoms with Crippen molar-refractivity contribution >= 4 is 12.0 Å². The van der Waals surface area contributed by atoms with E-state index < -0.39 is 0 Å². The molecule has 0 atom stereocenters. The number of methoxy groups -OCH3 is 1. The molecule has 1 amide bonds. The van der Waals surface area contributed by atoms with Crippen molar-refractivity contribution in [3.8, 4) is 11.5 Å². The molecule has 1 heterocycles. The van der Waals surface area contributed by atoms with Gasteiger partial charge in [0.1, 0.15) is 12.4 Å². The molecular formula is C27H32N2O5. The third-order valence-corrected chi connectivity index (χ3v) is 5.31. The highest BCUT2D eigenvalue weighted by Crippen LogP contribution is 2.30. The average Bonchev–Trinajstić information content (AvgIpc) is 3.16. The Labute approximate surface area is 200 Å². The molecule has 0 aliphatic rings. The molecule has 1 N–H and O–H groups in total. The summed E-state index contributed by atoms with van der Waals surface area (Å²) in [7, 11) is 1.58. The van der Waals surface area contributed by atoms with E-state index >= 15 is 0 Å². The van der Waals surface area contributed by atoms with Gasteiger partial charge in [-0.25, -0.2) is 0 Å². The second-order valence-corrected chi connectivity index (χ2v) is 8.18. The fraction of sp³-hybridized carbons (Fsp3) is 0.333. The molecule has 2 aromatic carbocycles. The van der Waals surface area contributed by atoms with Gasteiger partial charge in [-0.05, 0) is 62.6 Å². The molecule has 0 unspecified atom stereocenters. The van der Waals surface area contributed by atoms with Crippen molar-refractivity contribution in [1.29, 1.82) is 0 Å². The first-order valence-corrected chi connectivity index (χ1v) is 11.2. The first-order chi connectivity index (χ1) is 16.4. The summed E-state index contributed by atoms with van der Waals surface area (Å²) in [6.45, 7) is 9.01. The highest BCUT2D eigenvalue weighted by molar-refractivity contribution is 5.91. The molecule has 0 bridgehead atoms. The average molecular weight is 465 g/mol. The van der Waals surface area contributed by atoms with Crippen LogP contribution >= 0.6 is 0 Å². The Morgan fingerprint density at radius 1 is 1.09 bits per heavy atom. The van der Waals surface area contributed by atoms with Crippen molar-refractivity contribution in [3.63, 3.8) is 0 Å². The van der Waals surface area contributed by atoms with Crippen molar-refractivity contribution in [3.05, 3.63) is 82.2 Å². The molecule has 0 saturated carbocycles. The van der Waals surface area contributed by atoms with Crippen molar-refractivity contribution in [2.75, 3.05) is 7.11 Å². The molecule has 0 radical (unpaired) electrons. The zero-order valence-electron chi connectivity index (χ0n) is 20.4. The Morgan fingerprint density at radius 2 is 1.85 bits per heavy atom. The fourth-order valence-corrected chi connectivity index (χ4v) is 3.31. The van der Waals surface area contributed by atoms with Gasteiger partial charge >= 0.3 is 0 Å². The van der Waals surface area contributed by atoms with Gasteiger partial charge in [0, 0.05) is 12.6 Å². The number of carbonyl (C=O) groups is 1. The van der Waals surface area contributed by atoms with E-state index in [1.807, 2.05) is 70.2 Å². The van der Waals surface area contributed by atoms with Gasteiger partial charge in [0.2, 0.25) is 5.91 Å². The summed E-state index contributed by atoms with van der Waals surface area (Å²) in [5.74, 6) is 1.73. The first-order valence-electron chi connectivity index (χ1n) is 11.2. The van der Waals surface area contributed by atoms with Crippen molar-refractivity contribution in [2.24, 2.45) is 0 Å². The zero-order valence-corrected chi connectivity index (χ0v) is 20.4. The number of carbonyl (C=O) groups excluding carboxylic acids is 1. The Hall–Kier alpha value is -3.58. The van der Waals surface area contributed by atoms with Crippen LogP contribution in [0.3, 0.4) is 0 Å². The number of amides is 1. The van der Waals surface area contributed by atoms with Crippen LogP contribution in [-0.2, 0) is 29.3 Å². The third-order valence-electron chi connectivity index (χ3n) is 5.31. The van der Waals surface area contributed by atoms with Gasteiger partial charge < -0.3 is 24.1 Å². The smallest absolute Gasteiger partial charge is 0.244 e. The maximum absolute atomic E-state index is 12.4.